The first-order valence-corrected chi connectivity index (χ1v) is 9.37. The molecule has 2 amide bonds. The van der Waals surface area contributed by atoms with Crippen molar-refractivity contribution >= 4 is 24.1 Å². The predicted molar refractivity (Wildman–Crippen MR) is 96.0 cm³/mol. The van der Waals surface area contributed by atoms with E-state index in [0.717, 1.165) is 30.6 Å². The Labute approximate surface area is 140 Å². The van der Waals surface area contributed by atoms with E-state index in [2.05, 4.69) is 25.7 Å². The van der Waals surface area contributed by atoms with Crippen LogP contribution in [0.2, 0.25) is 0 Å². The largest absolute Gasteiger partial charge is 0.354 e. The minimum atomic E-state index is -0.0373. The molecule has 1 N–H and O–H groups in total. The number of carbonyl (C=O) groups excluding carboxylic acids is 2. The van der Waals surface area contributed by atoms with Crippen LogP contribution in [0.1, 0.15) is 40.5 Å². The number of nitrogens with zero attached hydrogens (tertiary/aromatic N) is 1. The molecule has 0 aromatic rings. The summed E-state index contributed by atoms with van der Waals surface area (Å²) >= 11 is 1.75. The number of nitrogens with one attached hydrogen (secondary N) is 1. The number of carbonyl (C=O) groups is 2. The highest BCUT2D eigenvalue weighted by molar-refractivity contribution is 7.98. The van der Waals surface area contributed by atoms with Crippen molar-refractivity contribution in [1.82, 2.24) is 10.2 Å². The summed E-state index contributed by atoms with van der Waals surface area (Å²) in [5, 5.41) is 2.84. The van der Waals surface area contributed by atoms with Crippen LogP contribution in [0.5, 0.6) is 0 Å². The SMILES string of the molecule is C=C(CCN(C[C@@H](CCSC)NC=O)C(=O)C(C)C)C(C)C. The highest BCUT2D eigenvalue weighted by Crippen LogP contribution is 2.14. The summed E-state index contributed by atoms with van der Waals surface area (Å²) in [6.45, 7) is 13.4. The molecule has 0 heterocycles. The van der Waals surface area contributed by atoms with Gasteiger partial charge in [0.25, 0.3) is 0 Å². The second kappa shape index (κ2) is 11.6. The fraction of sp³-hybridized carbons (Fsp3) is 0.765. The third kappa shape index (κ3) is 8.47. The van der Waals surface area contributed by atoms with Gasteiger partial charge < -0.3 is 10.2 Å². The first-order valence-electron chi connectivity index (χ1n) is 7.98. The van der Waals surface area contributed by atoms with Crippen molar-refractivity contribution in [3.05, 3.63) is 12.2 Å². The quantitative estimate of drug-likeness (QED) is 0.443. The second-order valence-corrected chi connectivity index (χ2v) is 7.25. The van der Waals surface area contributed by atoms with Crippen molar-refractivity contribution in [3.63, 3.8) is 0 Å². The second-order valence-electron chi connectivity index (χ2n) is 6.26. The maximum Gasteiger partial charge on any atom is 0.225 e. The van der Waals surface area contributed by atoms with Gasteiger partial charge >= 0.3 is 0 Å². The van der Waals surface area contributed by atoms with Crippen LogP contribution in [-0.4, -0.2) is 48.4 Å². The first-order chi connectivity index (χ1) is 10.3. The van der Waals surface area contributed by atoms with Crippen LogP contribution in [0, 0.1) is 11.8 Å². The summed E-state index contributed by atoms with van der Waals surface area (Å²) < 4.78 is 0. The summed E-state index contributed by atoms with van der Waals surface area (Å²) in [7, 11) is 0. The molecule has 0 fully saturated rings. The van der Waals surface area contributed by atoms with E-state index in [0.29, 0.717) is 19.0 Å². The third-order valence-corrected chi connectivity index (χ3v) is 4.38. The van der Waals surface area contributed by atoms with E-state index in [9.17, 15) is 9.59 Å². The van der Waals surface area contributed by atoms with Crippen molar-refractivity contribution < 1.29 is 9.59 Å². The normalized spacial score (nSPS) is 12.3. The van der Waals surface area contributed by atoms with E-state index >= 15 is 0 Å². The molecule has 0 unspecified atom stereocenters. The zero-order valence-corrected chi connectivity index (χ0v) is 15.5. The van der Waals surface area contributed by atoms with Gasteiger partial charge in [-0.15, -0.1) is 0 Å². The number of thioether (sulfide) groups is 1. The van der Waals surface area contributed by atoms with Crippen LogP contribution >= 0.6 is 11.8 Å². The van der Waals surface area contributed by atoms with Gasteiger partial charge in [0, 0.05) is 25.0 Å². The van der Waals surface area contributed by atoms with Gasteiger partial charge in [0.1, 0.15) is 0 Å². The van der Waals surface area contributed by atoms with Gasteiger partial charge in [0.15, 0.2) is 0 Å². The summed E-state index contributed by atoms with van der Waals surface area (Å²) in [6.07, 6.45) is 4.46. The Balaban J connectivity index is 4.78. The standard InChI is InChI=1S/C17H32N2O2S/c1-13(2)15(5)7-9-19(17(21)14(3)4)11-16(18-12-20)8-10-22-6/h12-14,16H,5,7-11H2,1-4,6H3,(H,18,20)/t16-/m1/s1. The monoisotopic (exact) mass is 328 g/mol. The van der Waals surface area contributed by atoms with E-state index in [4.69, 9.17) is 0 Å². The molecule has 0 aliphatic carbocycles. The summed E-state index contributed by atoms with van der Waals surface area (Å²) in [4.78, 5) is 25.1. The first kappa shape index (κ1) is 21.0. The van der Waals surface area contributed by atoms with Crippen LogP contribution < -0.4 is 5.32 Å². The third-order valence-electron chi connectivity index (χ3n) is 3.74. The Morgan fingerprint density at radius 2 is 1.91 bits per heavy atom. The van der Waals surface area contributed by atoms with Crippen molar-refractivity contribution in [2.75, 3.05) is 25.1 Å². The van der Waals surface area contributed by atoms with Crippen molar-refractivity contribution in [2.45, 2.75) is 46.6 Å². The summed E-state index contributed by atoms with van der Waals surface area (Å²) in [6, 6.07) is 0.0139. The topological polar surface area (TPSA) is 49.4 Å². The van der Waals surface area contributed by atoms with E-state index in [-0.39, 0.29) is 17.9 Å². The molecule has 22 heavy (non-hydrogen) atoms. The minimum absolute atomic E-state index is 0.0139. The molecule has 0 saturated heterocycles. The number of amides is 2. The molecule has 0 saturated carbocycles. The Morgan fingerprint density at radius 1 is 1.27 bits per heavy atom. The molecule has 0 aromatic carbocycles. The fourth-order valence-electron chi connectivity index (χ4n) is 2.07. The van der Waals surface area contributed by atoms with Gasteiger partial charge in [-0.05, 0) is 30.8 Å². The smallest absolute Gasteiger partial charge is 0.225 e. The highest BCUT2D eigenvalue weighted by Gasteiger charge is 2.21. The highest BCUT2D eigenvalue weighted by atomic mass is 32.2. The van der Waals surface area contributed by atoms with E-state index < -0.39 is 0 Å². The molecule has 0 rings (SSSR count). The molecule has 0 bridgehead atoms. The van der Waals surface area contributed by atoms with Crippen LogP contribution in [0.15, 0.2) is 12.2 Å². The zero-order chi connectivity index (χ0) is 17.1. The lowest BCUT2D eigenvalue weighted by molar-refractivity contribution is -0.135. The van der Waals surface area contributed by atoms with Crippen LogP contribution in [0.4, 0.5) is 0 Å². The molecule has 0 aliphatic rings. The Kier molecular flexibility index (Phi) is 11.1. The fourth-order valence-corrected chi connectivity index (χ4v) is 2.59. The lowest BCUT2D eigenvalue weighted by atomic mass is 10.0. The molecule has 0 spiro atoms. The van der Waals surface area contributed by atoms with E-state index in [1.54, 1.807) is 11.8 Å². The molecule has 4 nitrogen and oxygen atoms in total. The number of rotatable bonds is 12. The van der Waals surface area contributed by atoms with E-state index in [1.807, 2.05) is 25.0 Å². The Hall–Kier alpha value is -0.970. The number of hydrogen-bond acceptors (Lipinski definition) is 3. The Bertz CT molecular complexity index is 357. The minimum Gasteiger partial charge on any atom is -0.354 e. The van der Waals surface area contributed by atoms with E-state index in [1.165, 1.54) is 0 Å². The molecule has 128 valence electrons. The number of hydrogen-bond donors (Lipinski definition) is 1. The molecule has 1 atom stereocenters. The van der Waals surface area contributed by atoms with Gasteiger partial charge in [-0.2, -0.15) is 11.8 Å². The van der Waals surface area contributed by atoms with Crippen molar-refractivity contribution in [1.29, 1.82) is 0 Å². The maximum atomic E-state index is 12.4. The summed E-state index contributed by atoms with van der Waals surface area (Å²) in [5.74, 6) is 1.49. The summed E-state index contributed by atoms with van der Waals surface area (Å²) in [5.41, 5.74) is 1.16. The van der Waals surface area contributed by atoms with Crippen LogP contribution in [-0.2, 0) is 9.59 Å². The van der Waals surface area contributed by atoms with Crippen molar-refractivity contribution in [2.24, 2.45) is 11.8 Å². The van der Waals surface area contributed by atoms with Crippen molar-refractivity contribution in [3.8, 4) is 0 Å². The van der Waals surface area contributed by atoms with Crippen LogP contribution in [0.3, 0.4) is 0 Å². The molecular formula is C17H32N2O2S. The van der Waals surface area contributed by atoms with Gasteiger partial charge in [-0.25, -0.2) is 0 Å². The van der Waals surface area contributed by atoms with Gasteiger partial charge in [0.05, 0.1) is 0 Å². The lowest BCUT2D eigenvalue weighted by Crippen LogP contribution is -2.45. The van der Waals surface area contributed by atoms with Gasteiger partial charge in [-0.1, -0.05) is 39.8 Å². The van der Waals surface area contributed by atoms with Gasteiger partial charge in [0.2, 0.25) is 12.3 Å². The molecule has 0 aliphatic heterocycles. The molecule has 5 heteroatoms. The van der Waals surface area contributed by atoms with Crippen LogP contribution in [0.25, 0.3) is 0 Å². The predicted octanol–water partition coefficient (Wildman–Crippen LogP) is 2.94. The Morgan fingerprint density at radius 3 is 2.36 bits per heavy atom. The lowest BCUT2D eigenvalue weighted by Gasteiger charge is -2.29. The van der Waals surface area contributed by atoms with Gasteiger partial charge in [-0.3, -0.25) is 9.59 Å². The molecule has 0 aromatic heterocycles. The zero-order valence-electron chi connectivity index (χ0n) is 14.7. The maximum absolute atomic E-state index is 12.4. The average molecular weight is 329 g/mol. The molecular weight excluding hydrogens is 296 g/mol. The average Bonchev–Trinajstić information content (AvgIpc) is 2.47. The molecule has 0 radical (unpaired) electrons.